The van der Waals surface area contributed by atoms with Gasteiger partial charge in [0.25, 0.3) is 0 Å². The predicted octanol–water partition coefficient (Wildman–Crippen LogP) is 4.27. The molecule has 3 aliphatic rings. The maximum absolute atomic E-state index is 11.9. The fourth-order valence-electron chi connectivity index (χ4n) is 6.41. The molecule has 2 aliphatic heterocycles. The summed E-state index contributed by atoms with van der Waals surface area (Å²) in [5.74, 6) is -0.290. The standard InChI is InChI=1S/C25H29NO3/c1-29-23(28)19-7-9-20(10-8-19)25-12-11-21(13-24(17-25)14-22(27)15-24)26(25)16-18-5-3-2-4-6-18/h2-10,21-22,27H,11-17H2,1H3. The Morgan fingerprint density at radius 1 is 1.10 bits per heavy atom. The first-order valence-corrected chi connectivity index (χ1v) is 10.7. The number of hydrogen-bond acceptors (Lipinski definition) is 4. The van der Waals surface area contributed by atoms with Crippen LogP contribution in [0.25, 0.3) is 0 Å². The number of piperidine rings is 1. The van der Waals surface area contributed by atoms with Crippen LogP contribution in [0, 0.1) is 5.41 Å². The number of methoxy groups -OCH3 is 1. The highest BCUT2D eigenvalue weighted by atomic mass is 16.5. The molecule has 1 aliphatic carbocycles. The number of ether oxygens (including phenoxy) is 1. The van der Waals surface area contributed by atoms with Crippen LogP contribution in [0.1, 0.15) is 60.0 Å². The van der Waals surface area contributed by atoms with E-state index in [-0.39, 0.29) is 23.0 Å². The van der Waals surface area contributed by atoms with Gasteiger partial charge in [0.1, 0.15) is 0 Å². The molecule has 2 unspecified atom stereocenters. The first kappa shape index (κ1) is 18.8. The first-order valence-electron chi connectivity index (χ1n) is 10.7. The summed E-state index contributed by atoms with van der Waals surface area (Å²) in [6.45, 7) is 0.947. The van der Waals surface area contributed by atoms with Crippen LogP contribution in [-0.2, 0) is 16.8 Å². The van der Waals surface area contributed by atoms with E-state index in [1.54, 1.807) is 0 Å². The summed E-state index contributed by atoms with van der Waals surface area (Å²) in [7, 11) is 1.42. The van der Waals surface area contributed by atoms with Gasteiger partial charge < -0.3 is 9.84 Å². The van der Waals surface area contributed by atoms with Crippen molar-refractivity contribution in [2.75, 3.05) is 7.11 Å². The SMILES string of the molecule is COC(=O)c1ccc(C23CCC(CC4(CC(O)C4)C2)N3Cc2ccccc2)cc1. The largest absolute Gasteiger partial charge is 0.465 e. The molecule has 2 atom stereocenters. The Morgan fingerprint density at radius 2 is 1.83 bits per heavy atom. The van der Waals surface area contributed by atoms with Crippen molar-refractivity contribution in [2.24, 2.45) is 5.41 Å². The molecule has 0 radical (unpaired) electrons. The van der Waals surface area contributed by atoms with Crippen LogP contribution >= 0.6 is 0 Å². The van der Waals surface area contributed by atoms with Crippen molar-refractivity contribution in [2.45, 2.75) is 62.8 Å². The lowest BCUT2D eigenvalue weighted by Gasteiger charge is -2.58. The molecule has 1 saturated carbocycles. The molecule has 152 valence electrons. The summed E-state index contributed by atoms with van der Waals surface area (Å²) < 4.78 is 4.88. The molecule has 0 amide bonds. The lowest BCUT2D eigenvalue weighted by Crippen LogP contribution is -2.58. The zero-order valence-electron chi connectivity index (χ0n) is 17.0. The Morgan fingerprint density at radius 3 is 2.48 bits per heavy atom. The van der Waals surface area contributed by atoms with Crippen molar-refractivity contribution >= 4 is 5.97 Å². The highest BCUT2D eigenvalue weighted by Crippen LogP contribution is 2.63. The molecule has 1 N–H and O–H groups in total. The van der Waals surface area contributed by atoms with Crippen molar-refractivity contribution in [3.05, 3.63) is 71.3 Å². The van der Waals surface area contributed by atoms with E-state index in [1.165, 1.54) is 31.1 Å². The van der Waals surface area contributed by atoms with Gasteiger partial charge in [-0.3, -0.25) is 4.90 Å². The third-order valence-corrected chi connectivity index (χ3v) is 7.59. The maximum atomic E-state index is 11.9. The topological polar surface area (TPSA) is 49.8 Å². The summed E-state index contributed by atoms with van der Waals surface area (Å²) >= 11 is 0. The smallest absolute Gasteiger partial charge is 0.337 e. The fourth-order valence-corrected chi connectivity index (χ4v) is 6.41. The van der Waals surface area contributed by atoms with Gasteiger partial charge in [-0.05, 0) is 67.2 Å². The predicted molar refractivity (Wildman–Crippen MR) is 111 cm³/mol. The number of esters is 1. The zero-order valence-corrected chi connectivity index (χ0v) is 17.0. The van der Waals surface area contributed by atoms with E-state index in [2.05, 4.69) is 47.4 Å². The molecule has 2 saturated heterocycles. The van der Waals surface area contributed by atoms with Crippen LogP contribution in [0.15, 0.2) is 54.6 Å². The van der Waals surface area contributed by atoms with Gasteiger partial charge in [-0.15, -0.1) is 0 Å². The third-order valence-electron chi connectivity index (χ3n) is 7.59. The first-order chi connectivity index (χ1) is 14.0. The van der Waals surface area contributed by atoms with Crippen LogP contribution in [0.4, 0.5) is 0 Å². The number of benzene rings is 2. The molecule has 5 rings (SSSR count). The van der Waals surface area contributed by atoms with Gasteiger partial charge in [0, 0.05) is 18.1 Å². The molecule has 3 fully saturated rings. The minimum atomic E-state index is -0.290. The van der Waals surface area contributed by atoms with Gasteiger partial charge in [0.2, 0.25) is 0 Å². The van der Waals surface area contributed by atoms with Gasteiger partial charge in [-0.2, -0.15) is 0 Å². The molecular weight excluding hydrogens is 362 g/mol. The Hall–Kier alpha value is -2.17. The van der Waals surface area contributed by atoms with E-state index in [4.69, 9.17) is 4.74 Å². The molecule has 4 nitrogen and oxygen atoms in total. The average Bonchev–Trinajstić information content (AvgIpc) is 2.94. The lowest BCUT2D eigenvalue weighted by atomic mass is 9.56. The van der Waals surface area contributed by atoms with Crippen molar-refractivity contribution in [1.82, 2.24) is 4.90 Å². The van der Waals surface area contributed by atoms with Gasteiger partial charge in [-0.25, -0.2) is 4.79 Å². The Balaban J connectivity index is 1.52. The second kappa shape index (κ2) is 6.96. The van der Waals surface area contributed by atoms with Crippen molar-refractivity contribution in [1.29, 1.82) is 0 Å². The lowest BCUT2D eigenvalue weighted by molar-refractivity contribution is -0.120. The van der Waals surface area contributed by atoms with Crippen LogP contribution < -0.4 is 0 Å². The number of nitrogens with zero attached hydrogens (tertiary/aromatic N) is 1. The van der Waals surface area contributed by atoms with E-state index in [1.807, 2.05) is 12.1 Å². The molecule has 4 heteroatoms. The number of rotatable bonds is 4. The van der Waals surface area contributed by atoms with E-state index < -0.39 is 0 Å². The van der Waals surface area contributed by atoms with Crippen LogP contribution in [0.5, 0.6) is 0 Å². The van der Waals surface area contributed by atoms with Crippen LogP contribution in [0.2, 0.25) is 0 Å². The van der Waals surface area contributed by atoms with Gasteiger partial charge >= 0.3 is 5.97 Å². The minimum Gasteiger partial charge on any atom is -0.465 e. The quantitative estimate of drug-likeness (QED) is 0.791. The van der Waals surface area contributed by atoms with E-state index in [0.29, 0.717) is 11.6 Å². The van der Waals surface area contributed by atoms with Gasteiger partial charge in [0.05, 0.1) is 18.8 Å². The van der Waals surface area contributed by atoms with Crippen molar-refractivity contribution in [3.8, 4) is 0 Å². The van der Waals surface area contributed by atoms with Crippen LogP contribution in [0.3, 0.4) is 0 Å². The number of fused-ring (bicyclic) bond motifs is 2. The average molecular weight is 392 g/mol. The molecule has 2 heterocycles. The fraction of sp³-hybridized carbons (Fsp3) is 0.480. The monoisotopic (exact) mass is 391 g/mol. The number of carbonyl (C=O) groups is 1. The Labute approximate surface area is 172 Å². The minimum absolute atomic E-state index is 0.0203. The van der Waals surface area contributed by atoms with Crippen molar-refractivity contribution < 1.29 is 14.6 Å². The number of aliphatic hydroxyl groups is 1. The second-order valence-electron chi connectivity index (χ2n) is 9.35. The van der Waals surface area contributed by atoms with E-state index in [9.17, 15) is 9.90 Å². The summed E-state index contributed by atoms with van der Waals surface area (Å²) in [4.78, 5) is 14.6. The Bertz CT molecular complexity index is 888. The highest BCUT2D eigenvalue weighted by Gasteiger charge is 2.60. The van der Waals surface area contributed by atoms with Gasteiger partial charge in [0.15, 0.2) is 0 Å². The van der Waals surface area contributed by atoms with Crippen LogP contribution in [-0.4, -0.2) is 35.2 Å². The highest BCUT2D eigenvalue weighted by molar-refractivity contribution is 5.89. The molecule has 29 heavy (non-hydrogen) atoms. The third kappa shape index (κ3) is 3.10. The molecule has 0 aromatic heterocycles. The van der Waals surface area contributed by atoms with E-state index in [0.717, 1.165) is 32.2 Å². The van der Waals surface area contributed by atoms with E-state index >= 15 is 0 Å². The molecule has 1 spiro atoms. The molecule has 2 aromatic carbocycles. The summed E-state index contributed by atoms with van der Waals surface area (Å²) in [5, 5.41) is 10.1. The zero-order chi connectivity index (χ0) is 20.1. The number of hydrogen-bond donors (Lipinski definition) is 1. The summed E-state index contributed by atoms with van der Waals surface area (Å²) in [5.41, 5.74) is 3.49. The van der Waals surface area contributed by atoms with Crippen molar-refractivity contribution in [3.63, 3.8) is 0 Å². The van der Waals surface area contributed by atoms with Gasteiger partial charge in [-0.1, -0.05) is 42.5 Å². The molecule has 2 bridgehead atoms. The summed E-state index contributed by atoms with van der Waals surface area (Å²) in [6, 6.07) is 19.3. The molecule has 2 aromatic rings. The summed E-state index contributed by atoms with van der Waals surface area (Å²) in [6.07, 6.45) is 6.36. The number of aliphatic hydroxyl groups excluding tert-OH is 1. The maximum Gasteiger partial charge on any atom is 0.337 e. The molecular formula is C25H29NO3. The normalized spacial score (nSPS) is 33.4. The second-order valence-corrected chi connectivity index (χ2v) is 9.35. The number of carbonyl (C=O) groups excluding carboxylic acids is 1. The Kier molecular flexibility index (Phi) is 4.52.